The molecule has 0 amide bonds. The van der Waals surface area contributed by atoms with Crippen LogP contribution in [0, 0.1) is 17.2 Å². The average Bonchev–Trinajstić information content (AvgIpc) is 3.23. The summed E-state index contributed by atoms with van der Waals surface area (Å²) < 4.78 is 0. The minimum Gasteiger partial charge on any atom is -0.382 e. The molecule has 1 aromatic heterocycles. The third kappa shape index (κ3) is 2.81. The van der Waals surface area contributed by atoms with Crippen molar-refractivity contribution in [2.45, 2.75) is 25.7 Å². The number of aromatic nitrogens is 1. The van der Waals surface area contributed by atoms with Crippen molar-refractivity contribution >= 4 is 11.7 Å². The Labute approximate surface area is 108 Å². The van der Waals surface area contributed by atoms with Crippen molar-refractivity contribution in [1.82, 2.24) is 4.98 Å². The Morgan fingerprint density at radius 3 is 2.33 bits per heavy atom. The highest BCUT2D eigenvalue weighted by Gasteiger charge is 2.29. The fraction of sp³-hybridized carbons (Fsp3) is 0.571. The third-order valence-electron chi connectivity index (χ3n) is 3.69. The SMILES string of the molecule is N=C(N)c1cccc(N(CC2CC2)CC2CC2)n1. The van der Waals surface area contributed by atoms with E-state index in [-0.39, 0.29) is 5.84 Å². The van der Waals surface area contributed by atoms with E-state index in [2.05, 4.69) is 9.88 Å². The predicted molar refractivity (Wildman–Crippen MR) is 72.9 cm³/mol. The van der Waals surface area contributed by atoms with Crippen LogP contribution in [0.2, 0.25) is 0 Å². The molecular weight excluding hydrogens is 224 g/mol. The third-order valence-corrected chi connectivity index (χ3v) is 3.69. The maximum Gasteiger partial charge on any atom is 0.141 e. The van der Waals surface area contributed by atoms with Gasteiger partial charge in [-0.2, -0.15) is 0 Å². The molecule has 0 bridgehead atoms. The first-order chi connectivity index (χ1) is 8.72. The van der Waals surface area contributed by atoms with Crippen molar-refractivity contribution in [3.05, 3.63) is 23.9 Å². The molecule has 1 heterocycles. The first-order valence-corrected chi connectivity index (χ1v) is 6.79. The smallest absolute Gasteiger partial charge is 0.141 e. The van der Waals surface area contributed by atoms with Crippen LogP contribution in [0.5, 0.6) is 0 Å². The lowest BCUT2D eigenvalue weighted by atomic mass is 10.2. The Hall–Kier alpha value is -1.58. The summed E-state index contributed by atoms with van der Waals surface area (Å²) in [4.78, 5) is 6.90. The number of nitrogens with one attached hydrogen (secondary N) is 1. The molecular formula is C14H20N4. The fourth-order valence-corrected chi connectivity index (χ4v) is 2.24. The molecule has 3 rings (SSSR count). The van der Waals surface area contributed by atoms with E-state index in [0.717, 1.165) is 30.7 Å². The Kier molecular flexibility index (Phi) is 2.94. The van der Waals surface area contributed by atoms with Crippen LogP contribution in [0.3, 0.4) is 0 Å². The van der Waals surface area contributed by atoms with Gasteiger partial charge in [0.25, 0.3) is 0 Å². The van der Waals surface area contributed by atoms with Crippen LogP contribution in [0.25, 0.3) is 0 Å². The predicted octanol–water partition coefficient (Wildman–Crippen LogP) is 1.99. The monoisotopic (exact) mass is 244 g/mol. The number of rotatable bonds is 6. The molecule has 96 valence electrons. The van der Waals surface area contributed by atoms with E-state index in [9.17, 15) is 0 Å². The molecule has 0 atom stereocenters. The lowest BCUT2D eigenvalue weighted by Crippen LogP contribution is -2.29. The molecule has 2 aliphatic carbocycles. The summed E-state index contributed by atoms with van der Waals surface area (Å²) >= 11 is 0. The molecule has 0 saturated heterocycles. The van der Waals surface area contributed by atoms with Crippen LogP contribution in [-0.2, 0) is 0 Å². The highest BCUT2D eigenvalue weighted by molar-refractivity contribution is 5.93. The summed E-state index contributed by atoms with van der Waals surface area (Å²) in [5, 5.41) is 7.48. The number of pyridine rings is 1. The van der Waals surface area contributed by atoms with Gasteiger partial charge in [-0.15, -0.1) is 0 Å². The molecule has 2 saturated carbocycles. The van der Waals surface area contributed by atoms with E-state index < -0.39 is 0 Å². The zero-order chi connectivity index (χ0) is 12.5. The number of nitrogens with zero attached hydrogens (tertiary/aromatic N) is 2. The van der Waals surface area contributed by atoms with E-state index >= 15 is 0 Å². The molecule has 3 N–H and O–H groups in total. The van der Waals surface area contributed by atoms with Gasteiger partial charge in [-0.25, -0.2) is 4.98 Å². The lowest BCUT2D eigenvalue weighted by Gasteiger charge is -2.24. The zero-order valence-electron chi connectivity index (χ0n) is 10.6. The van der Waals surface area contributed by atoms with Crippen molar-refractivity contribution in [1.29, 1.82) is 5.41 Å². The molecule has 0 spiro atoms. The van der Waals surface area contributed by atoms with Gasteiger partial charge < -0.3 is 10.6 Å². The second-order valence-electron chi connectivity index (χ2n) is 5.59. The van der Waals surface area contributed by atoms with Gasteiger partial charge in [0.1, 0.15) is 17.3 Å². The van der Waals surface area contributed by atoms with Gasteiger partial charge in [0.2, 0.25) is 0 Å². The standard InChI is InChI=1S/C14H20N4/c15-14(16)12-2-1-3-13(17-12)18(8-10-4-5-10)9-11-6-7-11/h1-3,10-11H,4-9H2,(H3,15,16). The Morgan fingerprint density at radius 1 is 1.22 bits per heavy atom. The summed E-state index contributed by atoms with van der Waals surface area (Å²) in [5.41, 5.74) is 6.10. The summed E-state index contributed by atoms with van der Waals surface area (Å²) in [6.07, 6.45) is 5.42. The number of amidine groups is 1. The van der Waals surface area contributed by atoms with E-state index in [0.29, 0.717) is 5.69 Å². The van der Waals surface area contributed by atoms with Crippen LogP contribution in [0.4, 0.5) is 5.82 Å². The van der Waals surface area contributed by atoms with Crippen molar-refractivity contribution in [2.24, 2.45) is 17.6 Å². The summed E-state index contributed by atoms with van der Waals surface area (Å²) in [5.74, 6) is 2.74. The van der Waals surface area contributed by atoms with Gasteiger partial charge in [0.05, 0.1) is 0 Å². The number of nitrogens with two attached hydrogens (primary N) is 1. The van der Waals surface area contributed by atoms with E-state index in [1.165, 1.54) is 25.7 Å². The molecule has 0 aromatic carbocycles. The summed E-state index contributed by atoms with van der Waals surface area (Å²) in [6.45, 7) is 2.23. The van der Waals surface area contributed by atoms with Crippen LogP contribution >= 0.6 is 0 Å². The number of anilines is 1. The van der Waals surface area contributed by atoms with Gasteiger partial charge in [-0.05, 0) is 49.7 Å². The van der Waals surface area contributed by atoms with Crippen molar-refractivity contribution in [3.63, 3.8) is 0 Å². The van der Waals surface area contributed by atoms with Crippen molar-refractivity contribution in [3.8, 4) is 0 Å². The molecule has 18 heavy (non-hydrogen) atoms. The minimum absolute atomic E-state index is 0.0506. The highest BCUT2D eigenvalue weighted by atomic mass is 15.2. The van der Waals surface area contributed by atoms with E-state index in [1.54, 1.807) is 6.07 Å². The highest BCUT2D eigenvalue weighted by Crippen LogP contribution is 2.35. The van der Waals surface area contributed by atoms with E-state index in [4.69, 9.17) is 11.1 Å². The molecule has 1 aromatic rings. The Bertz CT molecular complexity index is 435. The summed E-state index contributed by atoms with van der Waals surface area (Å²) in [6, 6.07) is 5.79. The van der Waals surface area contributed by atoms with Gasteiger partial charge in [0.15, 0.2) is 0 Å². The lowest BCUT2D eigenvalue weighted by molar-refractivity contribution is 0.671. The van der Waals surface area contributed by atoms with Crippen molar-refractivity contribution in [2.75, 3.05) is 18.0 Å². The molecule has 4 heteroatoms. The van der Waals surface area contributed by atoms with Crippen LogP contribution < -0.4 is 10.6 Å². The average molecular weight is 244 g/mol. The second-order valence-corrected chi connectivity index (χ2v) is 5.59. The first kappa shape index (κ1) is 11.5. The Morgan fingerprint density at radius 2 is 1.83 bits per heavy atom. The molecule has 0 radical (unpaired) electrons. The van der Waals surface area contributed by atoms with Gasteiger partial charge in [0, 0.05) is 13.1 Å². The molecule has 0 aliphatic heterocycles. The fourth-order valence-electron chi connectivity index (χ4n) is 2.24. The van der Waals surface area contributed by atoms with Crippen LogP contribution in [-0.4, -0.2) is 23.9 Å². The van der Waals surface area contributed by atoms with Gasteiger partial charge in [-0.1, -0.05) is 6.07 Å². The number of hydrogen-bond donors (Lipinski definition) is 2. The van der Waals surface area contributed by atoms with Gasteiger partial charge >= 0.3 is 0 Å². The first-order valence-electron chi connectivity index (χ1n) is 6.79. The number of hydrogen-bond acceptors (Lipinski definition) is 3. The number of nitrogen functional groups attached to an aromatic ring is 1. The topological polar surface area (TPSA) is 66.0 Å². The van der Waals surface area contributed by atoms with Crippen LogP contribution in [0.15, 0.2) is 18.2 Å². The van der Waals surface area contributed by atoms with Gasteiger partial charge in [-0.3, -0.25) is 5.41 Å². The molecule has 4 nitrogen and oxygen atoms in total. The normalized spacial score (nSPS) is 18.7. The second kappa shape index (κ2) is 4.59. The maximum atomic E-state index is 7.48. The summed E-state index contributed by atoms with van der Waals surface area (Å²) in [7, 11) is 0. The largest absolute Gasteiger partial charge is 0.382 e. The Balaban J connectivity index is 1.77. The maximum absolute atomic E-state index is 7.48. The van der Waals surface area contributed by atoms with E-state index in [1.807, 2.05) is 12.1 Å². The quantitative estimate of drug-likeness (QED) is 0.594. The molecule has 0 unspecified atom stereocenters. The molecule has 2 fully saturated rings. The minimum atomic E-state index is 0.0506. The molecule has 2 aliphatic rings. The zero-order valence-corrected chi connectivity index (χ0v) is 10.6. The van der Waals surface area contributed by atoms with Crippen molar-refractivity contribution < 1.29 is 0 Å². The van der Waals surface area contributed by atoms with Crippen LogP contribution in [0.1, 0.15) is 31.4 Å².